The van der Waals surface area contributed by atoms with Gasteiger partial charge < -0.3 is 9.64 Å². The summed E-state index contributed by atoms with van der Waals surface area (Å²) < 4.78 is 4.52. The summed E-state index contributed by atoms with van der Waals surface area (Å²) in [6.07, 6.45) is 0.246. The summed E-state index contributed by atoms with van der Waals surface area (Å²) in [7, 11) is 3.09. The number of rotatable bonds is 5. The van der Waals surface area contributed by atoms with Gasteiger partial charge in [0.25, 0.3) is 5.69 Å². The maximum atomic E-state index is 11.0. The number of carbonyl (C=O) groups excluding carboxylic acids is 1. The number of ether oxygens (including phenoxy) is 1. The largest absolute Gasteiger partial charge is 0.469 e. The highest BCUT2D eigenvalue weighted by Crippen LogP contribution is 2.20. The first kappa shape index (κ1) is 13.0. The number of anilines is 1. The first-order valence-electron chi connectivity index (χ1n) is 5.07. The minimum atomic E-state index is -0.447. The molecule has 1 aromatic rings. The minimum absolute atomic E-state index is 0.0346. The van der Waals surface area contributed by atoms with Gasteiger partial charge in [0.1, 0.15) is 0 Å². The van der Waals surface area contributed by atoms with Gasteiger partial charge in [-0.25, -0.2) is 0 Å². The Morgan fingerprint density at radius 2 is 2.24 bits per heavy atom. The number of nitro benzene ring substituents is 1. The summed E-state index contributed by atoms with van der Waals surface area (Å²) in [5, 5.41) is 10.6. The number of esters is 1. The molecule has 0 saturated carbocycles. The van der Waals surface area contributed by atoms with E-state index < -0.39 is 4.92 Å². The molecule has 92 valence electrons. The van der Waals surface area contributed by atoms with E-state index in [9.17, 15) is 14.9 Å². The smallest absolute Gasteiger partial charge is 0.307 e. The summed E-state index contributed by atoms with van der Waals surface area (Å²) in [4.78, 5) is 22.9. The molecule has 0 heterocycles. The molecule has 0 bridgehead atoms. The quantitative estimate of drug-likeness (QED) is 0.442. The van der Waals surface area contributed by atoms with Gasteiger partial charge in [0, 0.05) is 31.4 Å². The zero-order valence-electron chi connectivity index (χ0n) is 9.75. The third-order valence-electron chi connectivity index (χ3n) is 2.36. The Morgan fingerprint density at radius 3 is 2.82 bits per heavy atom. The van der Waals surface area contributed by atoms with E-state index >= 15 is 0 Å². The van der Waals surface area contributed by atoms with Gasteiger partial charge in [0.05, 0.1) is 18.5 Å². The van der Waals surface area contributed by atoms with Crippen LogP contribution in [-0.4, -0.2) is 31.6 Å². The molecular weight excluding hydrogens is 224 g/mol. The number of methoxy groups -OCH3 is 1. The number of benzene rings is 1. The molecule has 6 heteroatoms. The van der Waals surface area contributed by atoms with Crippen molar-refractivity contribution < 1.29 is 14.5 Å². The molecule has 1 aromatic carbocycles. The monoisotopic (exact) mass is 238 g/mol. The average molecular weight is 238 g/mol. The SMILES string of the molecule is COC(=O)CCN(C)c1cccc([N+](=O)[O-])c1. The van der Waals surface area contributed by atoms with Gasteiger partial charge >= 0.3 is 5.97 Å². The maximum Gasteiger partial charge on any atom is 0.307 e. The van der Waals surface area contributed by atoms with Crippen molar-refractivity contribution in [3.8, 4) is 0 Å². The molecule has 17 heavy (non-hydrogen) atoms. The van der Waals surface area contributed by atoms with E-state index in [-0.39, 0.29) is 18.1 Å². The summed E-state index contributed by atoms with van der Waals surface area (Å²) in [6, 6.07) is 6.27. The van der Waals surface area contributed by atoms with Gasteiger partial charge in [-0.2, -0.15) is 0 Å². The molecule has 0 atom stereocenters. The van der Waals surface area contributed by atoms with Crippen molar-refractivity contribution in [3.05, 3.63) is 34.4 Å². The highest BCUT2D eigenvalue weighted by atomic mass is 16.6. The van der Waals surface area contributed by atoms with Crippen LogP contribution in [-0.2, 0) is 9.53 Å². The molecule has 0 spiro atoms. The van der Waals surface area contributed by atoms with Crippen molar-refractivity contribution in [1.82, 2.24) is 0 Å². The fourth-order valence-corrected chi connectivity index (χ4v) is 1.33. The van der Waals surface area contributed by atoms with Gasteiger partial charge in [-0.1, -0.05) is 6.07 Å². The lowest BCUT2D eigenvalue weighted by molar-refractivity contribution is -0.384. The molecule has 0 amide bonds. The minimum Gasteiger partial charge on any atom is -0.469 e. The predicted molar refractivity (Wildman–Crippen MR) is 63.0 cm³/mol. The number of nitro groups is 1. The molecule has 0 saturated heterocycles. The second kappa shape index (κ2) is 5.83. The first-order valence-corrected chi connectivity index (χ1v) is 5.07. The molecule has 0 aliphatic rings. The van der Waals surface area contributed by atoms with E-state index in [0.29, 0.717) is 12.2 Å². The third kappa shape index (κ3) is 3.75. The van der Waals surface area contributed by atoms with E-state index in [1.165, 1.54) is 19.2 Å². The lowest BCUT2D eigenvalue weighted by Gasteiger charge is -2.18. The van der Waals surface area contributed by atoms with Crippen LogP contribution in [0.4, 0.5) is 11.4 Å². The molecule has 0 fully saturated rings. The Labute approximate surface area is 98.9 Å². The average Bonchev–Trinajstić information content (AvgIpc) is 2.35. The van der Waals surface area contributed by atoms with Gasteiger partial charge in [0.2, 0.25) is 0 Å². The van der Waals surface area contributed by atoms with E-state index in [1.807, 2.05) is 0 Å². The van der Waals surface area contributed by atoms with Crippen LogP contribution in [0, 0.1) is 10.1 Å². The van der Waals surface area contributed by atoms with Crippen LogP contribution < -0.4 is 4.90 Å². The van der Waals surface area contributed by atoms with E-state index in [0.717, 1.165) is 0 Å². The topological polar surface area (TPSA) is 72.7 Å². The number of carbonyl (C=O) groups is 1. The van der Waals surface area contributed by atoms with E-state index in [4.69, 9.17) is 0 Å². The van der Waals surface area contributed by atoms with Crippen LogP contribution in [0.3, 0.4) is 0 Å². The standard InChI is InChI=1S/C11H14N2O4/c1-12(7-6-11(14)17-2)9-4-3-5-10(8-9)13(15)16/h3-5,8H,6-7H2,1-2H3. The lowest BCUT2D eigenvalue weighted by Crippen LogP contribution is -2.21. The van der Waals surface area contributed by atoms with Crippen molar-refractivity contribution >= 4 is 17.3 Å². The molecule has 0 radical (unpaired) electrons. The molecule has 0 aliphatic heterocycles. The van der Waals surface area contributed by atoms with Crippen LogP contribution in [0.5, 0.6) is 0 Å². The van der Waals surface area contributed by atoms with Gasteiger partial charge in [-0.3, -0.25) is 14.9 Å². The molecule has 0 N–H and O–H groups in total. The summed E-state index contributed by atoms with van der Waals surface area (Å²) in [5.74, 6) is -0.303. The molecule has 0 aromatic heterocycles. The second-order valence-corrected chi connectivity index (χ2v) is 3.52. The van der Waals surface area contributed by atoms with E-state index in [2.05, 4.69) is 4.74 Å². The molecule has 0 unspecified atom stereocenters. The van der Waals surface area contributed by atoms with Crippen molar-refractivity contribution in [2.45, 2.75) is 6.42 Å². The van der Waals surface area contributed by atoms with Crippen LogP contribution in [0.2, 0.25) is 0 Å². The summed E-state index contributed by atoms with van der Waals surface area (Å²) in [6.45, 7) is 0.452. The Bertz CT molecular complexity index is 420. The van der Waals surface area contributed by atoms with Crippen LogP contribution in [0.25, 0.3) is 0 Å². The second-order valence-electron chi connectivity index (χ2n) is 3.52. The highest BCUT2D eigenvalue weighted by Gasteiger charge is 2.09. The van der Waals surface area contributed by atoms with Crippen molar-refractivity contribution in [1.29, 1.82) is 0 Å². The number of non-ortho nitro benzene ring substituents is 1. The normalized spacial score (nSPS) is 9.76. The zero-order valence-corrected chi connectivity index (χ0v) is 9.75. The third-order valence-corrected chi connectivity index (χ3v) is 2.36. The van der Waals surface area contributed by atoms with E-state index in [1.54, 1.807) is 24.1 Å². The van der Waals surface area contributed by atoms with Gasteiger partial charge in [-0.05, 0) is 6.07 Å². The zero-order chi connectivity index (χ0) is 12.8. The number of nitrogens with zero attached hydrogens (tertiary/aromatic N) is 2. The predicted octanol–water partition coefficient (Wildman–Crippen LogP) is 1.59. The Hall–Kier alpha value is -2.11. The first-order chi connectivity index (χ1) is 8.04. The molecule has 6 nitrogen and oxygen atoms in total. The molecule has 0 aliphatic carbocycles. The van der Waals surface area contributed by atoms with Crippen molar-refractivity contribution in [3.63, 3.8) is 0 Å². The van der Waals surface area contributed by atoms with Gasteiger partial charge in [-0.15, -0.1) is 0 Å². The Balaban J connectivity index is 2.68. The Morgan fingerprint density at radius 1 is 1.53 bits per heavy atom. The van der Waals surface area contributed by atoms with Crippen molar-refractivity contribution in [2.75, 3.05) is 25.6 Å². The summed E-state index contributed by atoms with van der Waals surface area (Å²) in [5.41, 5.74) is 0.732. The maximum absolute atomic E-state index is 11.0. The number of hydrogen-bond acceptors (Lipinski definition) is 5. The van der Waals surface area contributed by atoms with Gasteiger partial charge in [0.15, 0.2) is 0 Å². The fraction of sp³-hybridized carbons (Fsp3) is 0.364. The summed E-state index contributed by atoms with van der Waals surface area (Å²) >= 11 is 0. The fourth-order valence-electron chi connectivity index (χ4n) is 1.33. The molecule has 1 rings (SSSR count). The number of hydrogen-bond donors (Lipinski definition) is 0. The van der Waals surface area contributed by atoms with Crippen LogP contribution in [0.15, 0.2) is 24.3 Å². The lowest BCUT2D eigenvalue weighted by atomic mass is 10.2. The van der Waals surface area contributed by atoms with Crippen LogP contribution >= 0.6 is 0 Å². The van der Waals surface area contributed by atoms with Crippen molar-refractivity contribution in [2.24, 2.45) is 0 Å². The molecular formula is C11H14N2O4. The van der Waals surface area contributed by atoms with Crippen LogP contribution in [0.1, 0.15) is 6.42 Å². The highest BCUT2D eigenvalue weighted by molar-refractivity contribution is 5.70. The Kier molecular flexibility index (Phi) is 4.45.